The van der Waals surface area contributed by atoms with Crippen LogP contribution in [0.4, 0.5) is 0 Å². The number of Topliss-reactive ketones (excluding diaryl/α,β-unsaturated/α-hetero) is 1. The topological polar surface area (TPSA) is 17.1 Å². The molecule has 0 aliphatic heterocycles. The number of hydrogen-bond donors (Lipinski definition) is 0. The SMILES string of the molecule is Cc1cc(C)c(C(=O)C2CCCC2(C)C)cc1C. The van der Waals surface area contributed by atoms with E-state index in [-0.39, 0.29) is 11.3 Å². The Balaban J connectivity index is 2.38. The first-order chi connectivity index (χ1) is 8.33. The van der Waals surface area contributed by atoms with Crippen molar-refractivity contribution in [3.63, 3.8) is 0 Å². The van der Waals surface area contributed by atoms with Gasteiger partial charge >= 0.3 is 0 Å². The van der Waals surface area contributed by atoms with Gasteiger partial charge in [0.05, 0.1) is 0 Å². The molecule has 1 aromatic carbocycles. The minimum atomic E-state index is 0.169. The van der Waals surface area contributed by atoms with Crippen LogP contribution in [0.1, 0.15) is 60.2 Å². The fraction of sp³-hybridized carbons (Fsp3) is 0.588. The molecule has 0 amide bonds. The monoisotopic (exact) mass is 244 g/mol. The zero-order valence-corrected chi connectivity index (χ0v) is 12.3. The van der Waals surface area contributed by atoms with Gasteiger partial charge in [-0.2, -0.15) is 0 Å². The van der Waals surface area contributed by atoms with Crippen LogP contribution >= 0.6 is 0 Å². The zero-order chi connectivity index (χ0) is 13.5. The molecule has 0 saturated heterocycles. The van der Waals surface area contributed by atoms with E-state index in [1.54, 1.807) is 0 Å². The second-order valence-electron chi connectivity index (χ2n) is 6.55. The zero-order valence-electron chi connectivity index (χ0n) is 12.3. The molecule has 1 saturated carbocycles. The predicted octanol–water partition coefficient (Wildman–Crippen LogP) is 4.62. The van der Waals surface area contributed by atoms with Crippen molar-refractivity contribution in [1.82, 2.24) is 0 Å². The lowest BCUT2D eigenvalue weighted by Crippen LogP contribution is -2.26. The second-order valence-corrected chi connectivity index (χ2v) is 6.55. The molecule has 0 N–H and O–H groups in total. The van der Waals surface area contributed by atoms with Crippen molar-refractivity contribution in [2.24, 2.45) is 11.3 Å². The standard InChI is InChI=1S/C17H24O/c1-11-9-13(3)14(10-12(11)2)16(18)15-7-6-8-17(15,4)5/h9-10,15H,6-8H2,1-5H3. The van der Waals surface area contributed by atoms with E-state index in [4.69, 9.17) is 0 Å². The minimum absolute atomic E-state index is 0.169. The Morgan fingerprint density at radius 3 is 2.28 bits per heavy atom. The fourth-order valence-corrected chi connectivity index (χ4v) is 3.23. The van der Waals surface area contributed by atoms with Crippen LogP contribution in [0.2, 0.25) is 0 Å². The average molecular weight is 244 g/mol. The van der Waals surface area contributed by atoms with Gasteiger partial charge in [-0.25, -0.2) is 0 Å². The van der Waals surface area contributed by atoms with Gasteiger partial charge in [0.2, 0.25) is 0 Å². The predicted molar refractivity (Wildman–Crippen MR) is 76.1 cm³/mol. The Labute approximate surface area is 111 Å². The Bertz CT molecular complexity index is 483. The Hall–Kier alpha value is -1.11. The lowest BCUT2D eigenvalue weighted by atomic mass is 9.77. The maximum Gasteiger partial charge on any atom is 0.166 e. The molecule has 1 aliphatic rings. The van der Waals surface area contributed by atoms with Gasteiger partial charge in [-0.05, 0) is 61.8 Å². The van der Waals surface area contributed by atoms with E-state index < -0.39 is 0 Å². The second kappa shape index (κ2) is 4.53. The van der Waals surface area contributed by atoms with E-state index in [0.717, 1.165) is 17.5 Å². The number of rotatable bonds is 2. The van der Waals surface area contributed by atoms with Crippen molar-refractivity contribution < 1.29 is 4.79 Å². The average Bonchev–Trinajstić information content (AvgIpc) is 2.62. The van der Waals surface area contributed by atoms with E-state index in [2.05, 4.69) is 46.8 Å². The molecule has 2 rings (SSSR count). The lowest BCUT2D eigenvalue weighted by molar-refractivity contribution is 0.0838. The van der Waals surface area contributed by atoms with E-state index in [9.17, 15) is 4.79 Å². The molecule has 0 aromatic heterocycles. The molecule has 1 atom stereocenters. The van der Waals surface area contributed by atoms with Crippen LogP contribution < -0.4 is 0 Å². The molecule has 1 aliphatic carbocycles. The summed E-state index contributed by atoms with van der Waals surface area (Å²) in [5, 5.41) is 0. The Morgan fingerprint density at radius 1 is 1.11 bits per heavy atom. The molecule has 1 fully saturated rings. The maximum absolute atomic E-state index is 12.7. The Morgan fingerprint density at radius 2 is 1.72 bits per heavy atom. The van der Waals surface area contributed by atoms with Gasteiger partial charge in [0.15, 0.2) is 5.78 Å². The molecular weight excluding hydrogens is 220 g/mol. The van der Waals surface area contributed by atoms with Gasteiger partial charge in [0, 0.05) is 11.5 Å². The highest BCUT2D eigenvalue weighted by Gasteiger charge is 2.39. The number of carbonyl (C=O) groups is 1. The van der Waals surface area contributed by atoms with Crippen LogP contribution in [0, 0.1) is 32.1 Å². The summed E-state index contributed by atoms with van der Waals surface area (Å²) in [6.45, 7) is 10.7. The third kappa shape index (κ3) is 2.23. The van der Waals surface area contributed by atoms with Gasteiger partial charge in [-0.3, -0.25) is 4.79 Å². The summed E-state index contributed by atoms with van der Waals surface area (Å²) in [5.74, 6) is 0.566. The first-order valence-electron chi connectivity index (χ1n) is 6.95. The number of hydrogen-bond acceptors (Lipinski definition) is 1. The molecule has 98 valence electrons. The summed E-state index contributed by atoms with van der Waals surface area (Å²) in [6, 6.07) is 4.23. The van der Waals surface area contributed by atoms with Crippen LogP contribution in [-0.4, -0.2) is 5.78 Å². The van der Waals surface area contributed by atoms with Gasteiger partial charge in [-0.1, -0.05) is 26.3 Å². The fourth-order valence-electron chi connectivity index (χ4n) is 3.23. The molecule has 1 nitrogen and oxygen atoms in total. The largest absolute Gasteiger partial charge is 0.294 e. The molecule has 0 bridgehead atoms. The molecule has 1 unspecified atom stereocenters. The van der Waals surface area contributed by atoms with Crippen molar-refractivity contribution in [2.75, 3.05) is 0 Å². The smallest absolute Gasteiger partial charge is 0.166 e. The highest BCUT2D eigenvalue weighted by Crippen LogP contribution is 2.44. The third-order valence-corrected chi connectivity index (χ3v) is 4.68. The van der Waals surface area contributed by atoms with Gasteiger partial charge in [0.1, 0.15) is 0 Å². The Kier molecular flexibility index (Phi) is 3.35. The molecule has 0 radical (unpaired) electrons. The summed E-state index contributed by atoms with van der Waals surface area (Å²) in [4.78, 5) is 12.7. The normalized spacial score (nSPS) is 22.2. The van der Waals surface area contributed by atoms with Crippen molar-refractivity contribution in [3.8, 4) is 0 Å². The van der Waals surface area contributed by atoms with Crippen LogP contribution in [0.3, 0.4) is 0 Å². The first kappa shape index (κ1) is 13.3. The van der Waals surface area contributed by atoms with Crippen molar-refractivity contribution in [1.29, 1.82) is 0 Å². The van der Waals surface area contributed by atoms with Gasteiger partial charge < -0.3 is 0 Å². The summed E-state index contributed by atoms with van der Waals surface area (Å²) >= 11 is 0. The summed E-state index contributed by atoms with van der Waals surface area (Å²) in [7, 11) is 0. The first-order valence-corrected chi connectivity index (χ1v) is 6.95. The van der Waals surface area contributed by atoms with Crippen molar-refractivity contribution in [3.05, 3.63) is 34.4 Å². The molecular formula is C17H24O. The summed E-state index contributed by atoms with van der Waals surface area (Å²) in [5.41, 5.74) is 4.74. The molecule has 1 aromatic rings. The van der Waals surface area contributed by atoms with Gasteiger partial charge in [-0.15, -0.1) is 0 Å². The van der Waals surface area contributed by atoms with Crippen molar-refractivity contribution in [2.45, 2.75) is 53.9 Å². The highest BCUT2D eigenvalue weighted by atomic mass is 16.1. The quantitative estimate of drug-likeness (QED) is 0.694. The number of benzene rings is 1. The molecule has 18 heavy (non-hydrogen) atoms. The maximum atomic E-state index is 12.7. The third-order valence-electron chi connectivity index (χ3n) is 4.68. The van der Waals surface area contributed by atoms with Crippen LogP contribution in [-0.2, 0) is 0 Å². The van der Waals surface area contributed by atoms with E-state index in [0.29, 0.717) is 5.78 Å². The number of aryl methyl sites for hydroxylation is 3. The molecule has 1 heteroatoms. The number of carbonyl (C=O) groups excluding carboxylic acids is 1. The van der Waals surface area contributed by atoms with Crippen molar-refractivity contribution >= 4 is 5.78 Å². The number of ketones is 1. The van der Waals surface area contributed by atoms with E-state index in [1.165, 1.54) is 24.0 Å². The van der Waals surface area contributed by atoms with Gasteiger partial charge in [0.25, 0.3) is 0 Å². The summed E-state index contributed by atoms with van der Waals surface area (Å²) < 4.78 is 0. The highest BCUT2D eigenvalue weighted by molar-refractivity contribution is 6.00. The molecule has 0 heterocycles. The van der Waals surface area contributed by atoms with E-state index >= 15 is 0 Å². The summed E-state index contributed by atoms with van der Waals surface area (Å²) in [6.07, 6.45) is 3.42. The lowest BCUT2D eigenvalue weighted by Gasteiger charge is -2.26. The minimum Gasteiger partial charge on any atom is -0.294 e. The molecule has 0 spiro atoms. The van der Waals surface area contributed by atoms with Crippen LogP contribution in [0.5, 0.6) is 0 Å². The van der Waals surface area contributed by atoms with E-state index in [1.807, 2.05) is 0 Å². The van der Waals surface area contributed by atoms with Crippen LogP contribution in [0.25, 0.3) is 0 Å². The van der Waals surface area contributed by atoms with Crippen LogP contribution in [0.15, 0.2) is 12.1 Å².